The highest BCUT2D eigenvalue weighted by Crippen LogP contribution is 2.37. The summed E-state index contributed by atoms with van der Waals surface area (Å²) in [6.07, 6.45) is 1.39. The third kappa shape index (κ3) is 3.28. The van der Waals surface area contributed by atoms with E-state index in [2.05, 4.69) is 15.3 Å². The van der Waals surface area contributed by atoms with Gasteiger partial charge in [-0.3, -0.25) is 19.2 Å². The summed E-state index contributed by atoms with van der Waals surface area (Å²) in [6.45, 7) is 6.77. The third-order valence-electron chi connectivity index (χ3n) is 5.72. The molecule has 2 aliphatic rings. The van der Waals surface area contributed by atoms with E-state index in [-0.39, 0.29) is 18.9 Å². The van der Waals surface area contributed by atoms with Crippen molar-refractivity contribution in [1.29, 1.82) is 0 Å². The van der Waals surface area contributed by atoms with E-state index in [1.807, 2.05) is 18.5 Å². The van der Waals surface area contributed by atoms with Gasteiger partial charge in [0, 0.05) is 37.3 Å². The number of aliphatic carboxylic acids is 1. The number of aliphatic hydroxyl groups is 1. The number of amides is 1. The predicted molar refractivity (Wildman–Crippen MR) is 89.9 cm³/mol. The zero-order chi connectivity index (χ0) is 18.2. The monoisotopic (exact) mass is 350 g/mol. The van der Waals surface area contributed by atoms with Gasteiger partial charge in [0.1, 0.15) is 0 Å². The van der Waals surface area contributed by atoms with Crippen LogP contribution in [-0.2, 0) is 22.7 Å². The lowest BCUT2D eigenvalue weighted by Gasteiger charge is -2.41. The lowest BCUT2D eigenvalue weighted by atomic mass is 9.77. The number of piperidine rings is 1. The van der Waals surface area contributed by atoms with Crippen LogP contribution >= 0.6 is 0 Å². The molecule has 0 radical (unpaired) electrons. The molecule has 1 amide bonds. The number of aryl methyl sites for hydroxylation is 1. The van der Waals surface area contributed by atoms with Crippen molar-refractivity contribution in [2.24, 2.45) is 5.92 Å². The molecule has 1 aromatic heterocycles. The smallest absolute Gasteiger partial charge is 0.309 e. The fraction of sp³-hybridized carbons (Fsp3) is 0.706. The Morgan fingerprint density at radius 2 is 2.04 bits per heavy atom. The number of nitrogens with zero attached hydrogens (tertiary/aromatic N) is 3. The maximum atomic E-state index is 11.7. The summed E-state index contributed by atoms with van der Waals surface area (Å²) in [4.78, 5) is 25.5. The Hall–Kier alpha value is -1.93. The molecule has 2 aliphatic heterocycles. The highest BCUT2D eigenvalue weighted by atomic mass is 16.4. The lowest BCUT2D eigenvalue weighted by molar-refractivity contribution is -0.144. The molecule has 0 aliphatic carbocycles. The number of aliphatic hydroxyl groups excluding tert-OH is 1. The van der Waals surface area contributed by atoms with Crippen LogP contribution in [-0.4, -0.2) is 62.0 Å². The van der Waals surface area contributed by atoms with E-state index >= 15 is 0 Å². The maximum Gasteiger partial charge on any atom is 0.309 e. The van der Waals surface area contributed by atoms with E-state index in [4.69, 9.17) is 5.11 Å². The molecule has 1 atom stereocenters. The van der Waals surface area contributed by atoms with Crippen LogP contribution in [0.2, 0.25) is 0 Å². The van der Waals surface area contributed by atoms with Gasteiger partial charge in [-0.25, -0.2) is 0 Å². The Bertz CT molecular complexity index is 676. The molecule has 2 fully saturated rings. The van der Waals surface area contributed by atoms with Crippen molar-refractivity contribution < 1.29 is 19.8 Å². The van der Waals surface area contributed by atoms with E-state index in [1.54, 1.807) is 0 Å². The maximum absolute atomic E-state index is 11.7. The average molecular weight is 350 g/mol. The zero-order valence-electron chi connectivity index (χ0n) is 14.8. The molecular weight excluding hydrogens is 324 g/mol. The Morgan fingerprint density at radius 3 is 2.64 bits per heavy atom. The summed E-state index contributed by atoms with van der Waals surface area (Å²) in [6, 6.07) is 0. The molecule has 0 bridgehead atoms. The number of rotatable bonds is 5. The average Bonchev–Trinajstić information content (AvgIpc) is 3.02. The number of carboxylic acid groups (broad SMARTS) is 1. The second-order valence-electron chi connectivity index (χ2n) is 7.17. The molecule has 3 N–H and O–H groups in total. The van der Waals surface area contributed by atoms with Crippen molar-refractivity contribution in [1.82, 2.24) is 20.0 Å². The molecule has 3 rings (SSSR count). The van der Waals surface area contributed by atoms with Gasteiger partial charge in [0.15, 0.2) is 0 Å². The highest BCUT2D eigenvalue weighted by molar-refractivity contribution is 5.88. The SMILES string of the molecule is Cc1nn(CCO)c(C)c1CN1CCC2(CC1)NC(=O)C[C@H]2C(=O)O. The molecule has 1 aromatic rings. The second-order valence-corrected chi connectivity index (χ2v) is 7.17. The van der Waals surface area contributed by atoms with Crippen LogP contribution in [0.5, 0.6) is 0 Å². The molecule has 1 spiro atoms. The zero-order valence-corrected chi connectivity index (χ0v) is 14.8. The van der Waals surface area contributed by atoms with E-state index in [0.717, 1.165) is 36.6 Å². The molecule has 2 saturated heterocycles. The van der Waals surface area contributed by atoms with Crippen LogP contribution < -0.4 is 5.32 Å². The van der Waals surface area contributed by atoms with Crippen LogP contribution in [0, 0.1) is 19.8 Å². The van der Waals surface area contributed by atoms with E-state index in [0.29, 0.717) is 19.4 Å². The van der Waals surface area contributed by atoms with Gasteiger partial charge >= 0.3 is 5.97 Å². The van der Waals surface area contributed by atoms with Crippen LogP contribution in [0.25, 0.3) is 0 Å². The van der Waals surface area contributed by atoms with E-state index in [9.17, 15) is 14.7 Å². The summed E-state index contributed by atoms with van der Waals surface area (Å²) < 4.78 is 1.83. The van der Waals surface area contributed by atoms with Crippen molar-refractivity contribution in [3.8, 4) is 0 Å². The number of hydrogen-bond donors (Lipinski definition) is 3. The molecule has 0 unspecified atom stereocenters. The fourth-order valence-corrected chi connectivity index (χ4v) is 4.20. The Morgan fingerprint density at radius 1 is 1.36 bits per heavy atom. The standard InChI is InChI=1S/C17H26N4O4/c1-11-13(12(2)21(19-11)7-8-22)10-20-5-3-17(4-6-20)14(16(24)25)9-15(23)18-17/h14,22H,3-10H2,1-2H3,(H,18,23)(H,24,25)/t14-/m0/s1. The summed E-state index contributed by atoms with van der Waals surface area (Å²) in [5, 5.41) is 26.0. The summed E-state index contributed by atoms with van der Waals surface area (Å²) in [7, 11) is 0. The first-order valence-electron chi connectivity index (χ1n) is 8.76. The normalized spacial score (nSPS) is 23.2. The van der Waals surface area contributed by atoms with Crippen LogP contribution in [0.1, 0.15) is 36.2 Å². The Labute approximate surface area is 146 Å². The van der Waals surface area contributed by atoms with Gasteiger partial charge in [0.05, 0.1) is 30.3 Å². The van der Waals surface area contributed by atoms with E-state index in [1.165, 1.54) is 0 Å². The topological polar surface area (TPSA) is 108 Å². The number of nitrogens with one attached hydrogen (secondary N) is 1. The minimum Gasteiger partial charge on any atom is -0.481 e. The van der Waals surface area contributed by atoms with Gasteiger partial charge in [-0.2, -0.15) is 5.10 Å². The van der Waals surface area contributed by atoms with Gasteiger partial charge in [0.25, 0.3) is 0 Å². The molecule has 3 heterocycles. The highest BCUT2D eigenvalue weighted by Gasteiger charge is 2.51. The third-order valence-corrected chi connectivity index (χ3v) is 5.72. The van der Waals surface area contributed by atoms with Crippen molar-refractivity contribution in [3.63, 3.8) is 0 Å². The first kappa shape index (κ1) is 17.9. The molecule has 0 saturated carbocycles. The number of aromatic nitrogens is 2. The number of hydrogen-bond acceptors (Lipinski definition) is 5. The van der Waals surface area contributed by atoms with Crippen molar-refractivity contribution >= 4 is 11.9 Å². The molecule has 25 heavy (non-hydrogen) atoms. The molecular formula is C17H26N4O4. The van der Waals surface area contributed by atoms with Gasteiger partial charge in [-0.1, -0.05) is 0 Å². The second kappa shape index (κ2) is 6.76. The Kier molecular flexibility index (Phi) is 4.83. The number of carbonyl (C=O) groups is 2. The van der Waals surface area contributed by atoms with Crippen molar-refractivity contribution in [2.45, 2.75) is 51.7 Å². The fourth-order valence-electron chi connectivity index (χ4n) is 4.20. The van der Waals surface area contributed by atoms with Crippen LogP contribution in [0.3, 0.4) is 0 Å². The minimum atomic E-state index is -0.885. The lowest BCUT2D eigenvalue weighted by Crippen LogP contribution is -2.55. The minimum absolute atomic E-state index is 0.0594. The van der Waals surface area contributed by atoms with Crippen molar-refractivity contribution in [2.75, 3.05) is 19.7 Å². The largest absolute Gasteiger partial charge is 0.481 e. The predicted octanol–water partition coefficient (Wildman–Crippen LogP) is 0.0475. The van der Waals surface area contributed by atoms with Crippen molar-refractivity contribution in [3.05, 3.63) is 17.0 Å². The van der Waals surface area contributed by atoms with Gasteiger partial charge in [-0.15, -0.1) is 0 Å². The first-order chi connectivity index (χ1) is 11.9. The van der Waals surface area contributed by atoms with Gasteiger partial charge in [-0.05, 0) is 26.7 Å². The van der Waals surface area contributed by atoms with Crippen LogP contribution in [0.15, 0.2) is 0 Å². The molecule has 8 heteroatoms. The molecule has 138 valence electrons. The van der Waals surface area contributed by atoms with Gasteiger partial charge in [0.2, 0.25) is 5.91 Å². The van der Waals surface area contributed by atoms with E-state index < -0.39 is 17.4 Å². The summed E-state index contributed by atoms with van der Waals surface area (Å²) in [5.41, 5.74) is 2.59. The summed E-state index contributed by atoms with van der Waals surface area (Å²) in [5.74, 6) is -1.67. The molecule has 8 nitrogen and oxygen atoms in total. The molecule has 0 aromatic carbocycles. The van der Waals surface area contributed by atoms with Gasteiger partial charge < -0.3 is 15.5 Å². The quantitative estimate of drug-likeness (QED) is 0.692. The number of carbonyl (C=O) groups excluding carboxylic acids is 1. The van der Waals surface area contributed by atoms with Crippen LogP contribution in [0.4, 0.5) is 0 Å². The summed E-state index contributed by atoms with van der Waals surface area (Å²) >= 11 is 0. The Balaban J connectivity index is 1.67. The first-order valence-corrected chi connectivity index (χ1v) is 8.76. The number of carboxylic acids is 1. The number of likely N-dealkylation sites (tertiary alicyclic amines) is 1.